The van der Waals surface area contributed by atoms with Crippen LogP contribution in [0.15, 0.2) is 18.2 Å². The van der Waals surface area contributed by atoms with E-state index in [0.29, 0.717) is 12.1 Å². The molecule has 0 aliphatic rings. The van der Waals surface area contributed by atoms with Crippen LogP contribution in [0.3, 0.4) is 0 Å². The Hall–Kier alpha value is -1.11. The number of carbonyl (C=O) groups excluding carboxylic acids is 2. The van der Waals surface area contributed by atoms with Gasteiger partial charge in [-0.25, -0.2) is 0 Å². The van der Waals surface area contributed by atoms with E-state index < -0.39 is 5.91 Å². The molecule has 0 aliphatic heterocycles. The number of primary amides is 1. The molecular formula is C12H15IN2O2. The lowest BCUT2D eigenvalue weighted by Crippen LogP contribution is -2.38. The van der Waals surface area contributed by atoms with Crippen LogP contribution < -0.4 is 5.73 Å². The zero-order valence-corrected chi connectivity index (χ0v) is 12.0. The molecule has 0 aromatic heterocycles. The molecule has 0 unspecified atom stereocenters. The van der Waals surface area contributed by atoms with E-state index in [0.717, 1.165) is 9.13 Å². The van der Waals surface area contributed by atoms with Crippen LogP contribution in [0.4, 0.5) is 0 Å². The number of aryl methyl sites for hydroxylation is 1. The molecule has 0 fully saturated rings. The first kappa shape index (κ1) is 14.0. The quantitative estimate of drug-likeness (QED) is 0.841. The van der Waals surface area contributed by atoms with Gasteiger partial charge in [-0.15, -0.1) is 0 Å². The molecule has 0 saturated carbocycles. The number of likely N-dealkylation sites (N-methyl/N-ethyl adjacent to an activating group) is 1. The third-order valence-electron chi connectivity index (χ3n) is 2.44. The van der Waals surface area contributed by atoms with Crippen molar-refractivity contribution in [3.05, 3.63) is 32.9 Å². The summed E-state index contributed by atoms with van der Waals surface area (Å²) in [5.41, 5.74) is 6.78. The molecule has 1 aromatic rings. The van der Waals surface area contributed by atoms with E-state index in [1.54, 1.807) is 6.07 Å². The van der Waals surface area contributed by atoms with Crippen LogP contribution in [-0.4, -0.2) is 29.8 Å². The zero-order chi connectivity index (χ0) is 13.0. The largest absolute Gasteiger partial charge is 0.368 e. The number of carbonyl (C=O) groups is 2. The van der Waals surface area contributed by atoms with E-state index >= 15 is 0 Å². The summed E-state index contributed by atoms with van der Waals surface area (Å²) in [7, 11) is 0. The molecule has 0 saturated heterocycles. The van der Waals surface area contributed by atoms with Crippen molar-refractivity contribution in [1.82, 2.24) is 4.90 Å². The summed E-state index contributed by atoms with van der Waals surface area (Å²) in [6.45, 7) is 4.19. The highest BCUT2D eigenvalue weighted by Gasteiger charge is 2.18. The fourth-order valence-corrected chi connectivity index (χ4v) is 2.09. The van der Waals surface area contributed by atoms with Crippen molar-refractivity contribution in [3.8, 4) is 0 Å². The molecule has 1 rings (SSSR count). The van der Waals surface area contributed by atoms with Crippen molar-refractivity contribution in [1.29, 1.82) is 0 Å². The molecule has 2 N–H and O–H groups in total. The fraction of sp³-hybridized carbons (Fsp3) is 0.333. The number of hydrogen-bond donors (Lipinski definition) is 1. The van der Waals surface area contributed by atoms with E-state index in [-0.39, 0.29) is 12.5 Å². The molecule has 4 nitrogen and oxygen atoms in total. The standard InChI is InChI=1S/C12H15IN2O2/c1-3-15(7-10(14)16)12(17)9-6-4-5-8(2)11(9)13/h4-6H,3,7H2,1-2H3,(H2,14,16). The van der Waals surface area contributed by atoms with Crippen LogP contribution in [0.5, 0.6) is 0 Å². The van der Waals surface area contributed by atoms with E-state index in [9.17, 15) is 9.59 Å². The molecule has 2 amide bonds. The van der Waals surface area contributed by atoms with Gasteiger partial charge in [0.2, 0.25) is 5.91 Å². The van der Waals surface area contributed by atoms with Crippen LogP contribution >= 0.6 is 22.6 Å². The minimum Gasteiger partial charge on any atom is -0.368 e. The molecule has 0 aliphatic carbocycles. The Kier molecular flexibility index (Phi) is 4.92. The maximum atomic E-state index is 12.2. The molecule has 0 atom stereocenters. The highest BCUT2D eigenvalue weighted by atomic mass is 127. The minimum atomic E-state index is -0.497. The third kappa shape index (κ3) is 3.42. The first-order valence-electron chi connectivity index (χ1n) is 5.30. The van der Waals surface area contributed by atoms with Crippen LogP contribution in [0.2, 0.25) is 0 Å². The third-order valence-corrected chi connectivity index (χ3v) is 3.87. The highest BCUT2D eigenvalue weighted by Crippen LogP contribution is 2.18. The first-order valence-corrected chi connectivity index (χ1v) is 6.38. The summed E-state index contributed by atoms with van der Waals surface area (Å²) in [6, 6.07) is 5.55. The molecule has 17 heavy (non-hydrogen) atoms. The van der Waals surface area contributed by atoms with Crippen molar-refractivity contribution in [2.24, 2.45) is 5.73 Å². The van der Waals surface area contributed by atoms with Gasteiger partial charge in [-0.3, -0.25) is 9.59 Å². The molecule has 0 bridgehead atoms. The van der Waals surface area contributed by atoms with Crippen LogP contribution in [-0.2, 0) is 4.79 Å². The van der Waals surface area contributed by atoms with Crippen molar-refractivity contribution < 1.29 is 9.59 Å². The van der Waals surface area contributed by atoms with Crippen molar-refractivity contribution in [2.45, 2.75) is 13.8 Å². The number of amides is 2. The van der Waals surface area contributed by atoms with Crippen LogP contribution in [0.25, 0.3) is 0 Å². The Bertz CT molecular complexity index is 446. The molecular weight excluding hydrogens is 331 g/mol. The van der Waals surface area contributed by atoms with Gasteiger partial charge in [0.1, 0.15) is 0 Å². The van der Waals surface area contributed by atoms with Crippen LogP contribution in [0, 0.1) is 10.5 Å². The smallest absolute Gasteiger partial charge is 0.255 e. The predicted octanol–water partition coefficient (Wildman–Crippen LogP) is 1.55. The minimum absolute atomic E-state index is 0.0423. The van der Waals surface area contributed by atoms with E-state index in [1.807, 2.05) is 26.0 Å². The average Bonchev–Trinajstić information content (AvgIpc) is 2.28. The molecule has 1 aromatic carbocycles. The van der Waals surface area contributed by atoms with Crippen molar-refractivity contribution >= 4 is 34.4 Å². The van der Waals surface area contributed by atoms with Crippen LogP contribution in [0.1, 0.15) is 22.8 Å². The predicted molar refractivity (Wildman–Crippen MR) is 74.7 cm³/mol. The van der Waals surface area contributed by atoms with E-state index in [1.165, 1.54) is 4.90 Å². The summed E-state index contributed by atoms with van der Waals surface area (Å²) in [5, 5.41) is 0. The summed E-state index contributed by atoms with van der Waals surface area (Å²) in [5.74, 6) is -0.651. The van der Waals surface area contributed by atoms with Gasteiger partial charge in [0.15, 0.2) is 0 Å². The summed E-state index contributed by atoms with van der Waals surface area (Å²) >= 11 is 2.14. The zero-order valence-electron chi connectivity index (χ0n) is 9.87. The summed E-state index contributed by atoms with van der Waals surface area (Å²) in [4.78, 5) is 24.5. The van der Waals surface area contributed by atoms with Crippen molar-refractivity contribution in [2.75, 3.05) is 13.1 Å². The molecule has 5 heteroatoms. The molecule has 0 heterocycles. The second-order valence-corrected chi connectivity index (χ2v) is 4.80. The number of benzene rings is 1. The van der Waals surface area contributed by atoms with Gasteiger partial charge in [0, 0.05) is 10.1 Å². The van der Waals surface area contributed by atoms with Gasteiger partial charge in [0.05, 0.1) is 12.1 Å². The van der Waals surface area contributed by atoms with Gasteiger partial charge in [-0.05, 0) is 48.1 Å². The number of hydrogen-bond acceptors (Lipinski definition) is 2. The Morgan fingerprint density at radius 1 is 1.41 bits per heavy atom. The Balaban J connectivity index is 3.02. The number of nitrogens with two attached hydrogens (primary N) is 1. The number of halogens is 1. The lowest BCUT2D eigenvalue weighted by atomic mass is 10.1. The average molecular weight is 346 g/mol. The molecule has 0 spiro atoms. The molecule has 92 valence electrons. The lowest BCUT2D eigenvalue weighted by Gasteiger charge is -2.20. The van der Waals surface area contributed by atoms with Crippen molar-refractivity contribution in [3.63, 3.8) is 0 Å². The lowest BCUT2D eigenvalue weighted by molar-refractivity contribution is -0.118. The molecule has 0 radical (unpaired) electrons. The second-order valence-electron chi connectivity index (χ2n) is 3.72. The number of rotatable bonds is 4. The topological polar surface area (TPSA) is 63.4 Å². The SMILES string of the molecule is CCN(CC(N)=O)C(=O)c1cccc(C)c1I. The fourth-order valence-electron chi connectivity index (χ4n) is 1.50. The maximum absolute atomic E-state index is 12.2. The van der Waals surface area contributed by atoms with Gasteiger partial charge in [-0.1, -0.05) is 12.1 Å². The Morgan fingerprint density at radius 3 is 2.59 bits per heavy atom. The normalized spacial score (nSPS) is 10.1. The Labute approximate surface area is 114 Å². The summed E-state index contributed by atoms with van der Waals surface area (Å²) < 4.78 is 0.915. The van der Waals surface area contributed by atoms with Gasteiger partial charge >= 0.3 is 0 Å². The van der Waals surface area contributed by atoms with Gasteiger partial charge in [-0.2, -0.15) is 0 Å². The first-order chi connectivity index (χ1) is 7.97. The highest BCUT2D eigenvalue weighted by molar-refractivity contribution is 14.1. The summed E-state index contributed by atoms with van der Waals surface area (Å²) in [6.07, 6.45) is 0. The van der Waals surface area contributed by atoms with E-state index in [2.05, 4.69) is 22.6 Å². The maximum Gasteiger partial charge on any atom is 0.255 e. The Morgan fingerprint density at radius 2 is 2.06 bits per heavy atom. The monoisotopic (exact) mass is 346 g/mol. The van der Waals surface area contributed by atoms with E-state index in [4.69, 9.17) is 5.73 Å². The van der Waals surface area contributed by atoms with Gasteiger partial charge < -0.3 is 10.6 Å². The number of nitrogens with zero attached hydrogens (tertiary/aromatic N) is 1. The van der Waals surface area contributed by atoms with Gasteiger partial charge in [0.25, 0.3) is 5.91 Å². The second kappa shape index (κ2) is 6.00.